The van der Waals surface area contributed by atoms with Gasteiger partial charge >= 0.3 is 0 Å². The number of hydrogen-bond donors (Lipinski definition) is 1. The van der Waals surface area contributed by atoms with Gasteiger partial charge in [0.25, 0.3) is 5.69 Å². The number of benzene rings is 1. The fraction of sp³-hybridized carbons (Fsp3) is 0.273. The molecule has 1 aromatic rings. The molecule has 0 aromatic heterocycles. The van der Waals surface area contributed by atoms with Gasteiger partial charge in [-0.15, -0.1) is 19.0 Å². The monoisotopic (exact) mass is 260 g/mol. The van der Waals surface area contributed by atoms with Crippen molar-refractivity contribution in [2.24, 2.45) is 5.73 Å². The van der Waals surface area contributed by atoms with E-state index in [1.165, 1.54) is 12.1 Å². The standard InChI is InChI=1S/C11H13FN2O2.ClH/c1-7(2)5-10(13)9-4-3-8(12)6-11(9)14(15)16;/h3-4,6,10H,1,5,13H2,2H3;1H/t10-;/m0./s1. The van der Waals surface area contributed by atoms with E-state index in [2.05, 4.69) is 6.58 Å². The van der Waals surface area contributed by atoms with E-state index in [-0.39, 0.29) is 18.1 Å². The lowest BCUT2D eigenvalue weighted by Crippen LogP contribution is -2.12. The number of nitro benzene ring substituents is 1. The number of halogens is 2. The molecule has 0 unspecified atom stereocenters. The first kappa shape index (κ1) is 15.5. The van der Waals surface area contributed by atoms with Gasteiger partial charge in [0.15, 0.2) is 0 Å². The minimum Gasteiger partial charge on any atom is -0.323 e. The molecule has 0 fully saturated rings. The third-order valence-corrected chi connectivity index (χ3v) is 2.16. The van der Waals surface area contributed by atoms with Crippen LogP contribution in [0.15, 0.2) is 30.4 Å². The Labute approximate surface area is 105 Å². The Hall–Kier alpha value is -1.46. The van der Waals surface area contributed by atoms with E-state index in [1.807, 2.05) is 0 Å². The van der Waals surface area contributed by atoms with Gasteiger partial charge in [-0.1, -0.05) is 5.57 Å². The third kappa shape index (κ3) is 4.13. The average molecular weight is 261 g/mol. The van der Waals surface area contributed by atoms with Crippen LogP contribution >= 0.6 is 12.4 Å². The van der Waals surface area contributed by atoms with Gasteiger partial charge in [0.1, 0.15) is 5.82 Å². The zero-order valence-electron chi connectivity index (χ0n) is 9.35. The molecule has 0 saturated heterocycles. The van der Waals surface area contributed by atoms with E-state index in [4.69, 9.17) is 5.73 Å². The Balaban J connectivity index is 0.00000256. The summed E-state index contributed by atoms with van der Waals surface area (Å²) in [5.41, 5.74) is 6.67. The molecule has 0 amide bonds. The van der Waals surface area contributed by atoms with Crippen molar-refractivity contribution >= 4 is 18.1 Å². The molecule has 0 spiro atoms. The fourth-order valence-electron chi connectivity index (χ4n) is 1.47. The Morgan fingerprint density at radius 2 is 2.24 bits per heavy atom. The van der Waals surface area contributed by atoms with Gasteiger partial charge in [-0.2, -0.15) is 0 Å². The van der Waals surface area contributed by atoms with Crippen molar-refractivity contribution in [1.82, 2.24) is 0 Å². The molecule has 1 rings (SSSR count). The van der Waals surface area contributed by atoms with Crippen LogP contribution in [-0.4, -0.2) is 4.92 Å². The van der Waals surface area contributed by atoms with E-state index in [9.17, 15) is 14.5 Å². The molecule has 0 heterocycles. The number of nitrogens with two attached hydrogens (primary N) is 1. The lowest BCUT2D eigenvalue weighted by molar-refractivity contribution is -0.385. The van der Waals surface area contributed by atoms with Gasteiger partial charge in [-0.25, -0.2) is 4.39 Å². The number of nitro groups is 1. The maximum Gasteiger partial charge on any atom is 0.277 e. The molecule has 4 nitrogen and oxygen atoms in total. The predicted molar refractivity (Wildman–Crippen MR) is 66.7 cm³/mol. The molecular formula is C11H14ClFN2O2. The van der Waals surface area contributed by atoms with Crippen LogP contribution < -0.4 is 5.73 Å². The van der Waals surface area contributed by atoms with Gasteiger partial charge in [0.2, 0.25) is 0 Å². The quantitative estimate of drug-likeness (QED) is 0.514. The normalized spacial score (nSPS) is 11.5. The van der Waals surface area contributed by atoms with Crippen LogP contribution in [0.4, 0.5) is 10.1 Å². The maximum absolute atomic E-state index is 12.9. The van der Waals surface area contributed by atoms with E-state index < -0.39 is 16.8 Å². The first-order valence-corrected chi connectivity index (χ1v) is 4.75. The van der Waals surface area contributed by atoms with Gasteiger partial charge in [-0.3, -0.25) is 10.1 Å². The minimum absolute atomic E-state index is 0. The molecule has 6 heteroatoms. The Morgan fingerprint density at radius 1 is 1.65 bits per heavy atom. The van der Waals surface area contributed by atoms with Gasteiger partial charge < -0.3 is 5.73 Å². The largest absolute Gasteiger partial charge is 0.323 e. The van der Waals surface area contributed by atoms with E-state index in [0.717, 1.165) is 11.6 Å². The van der Waals surface area contributed by atoms with Crippen LogP contribution in [0.5, 0.6) is 0 Å². The second-order valence-corrected chi connectivity index (χ2v) is 3.73. The first-order chi connectivity index (χ1) is 7.41. The zero-order chi connectivity index (χ0) is 12.3. The Morgan fingerprint density at radius 3 is 2.71 bits per heavy atom. The van der Waals surface area contributed by atoms with Gasteiger partial charge in [0.05, 0.1) is 11.0 Å². The summed E-state index contributed by atoms with van der Waals surface area (Å²) >= 11 is 0. The van der Waals surface area contributed by atoms with Crippen molar-refractivity contribution in [2.75, 3.05) is 0 Å². The first-order valence-electron chi connectivity index (χ1n) is 4.75. The maximum atomic E-state index is 12.9. The molecular weight excluding hydrogens is 247 g/mol. The molecule has 0 aliphatic heterocycles. The van der Waals surface area contributed by atoms with E-state index >= 15 is 0 Å². The van der Waals surface area contributed by atoms with E-state index in [0.29, 0.717) is 12.0 Å². The second-order valence-electron chi connectivity index (χ2n) is 3.73. The van der Waals surface area contributed by atoms with Crippen LogP contribution in [0.1, 0.15) is 24.9 Å². The summed E-state index contributed by atoms with van der Waals surface area (Å²) in [7, 11) is 0. The lowest BCUT2D eigenvalue weighted by Gasteiger charge is -2.11. The summed E-state index contributed by atoms with van der Waals surface area (Å²) < 4.78 is 12.9. The van der Waals surface area contributed by atoms with Crippen molar-refractivity contribution in [3.8, 4) is 0 Å². The van der Waals surface area contributed by atoms with Gasteiger partial charge in [-0.05, 0) is 25.5 Å². The van der Waals surface area contributed by atoms with Crippen LogP contribution in [-0.2, 0) is 0 Å². The molecule has 17 heavy (non-hydrogen) atoms. The van der Waals surface area contributed by atoms with Crippen LogP contribution in [0.25, 0.3) is 0 Å². The van der Waals surface area contributed by atoms with Gasteiger partial charge in [0, 0.05) is 11.6 Å². The third-order valence-electron chi connectivity index (χ3n) is 2.16. The summed E-state index contributed by atoms with van der Waals surface area (Å²) in [6, 6.07) is 2.87. The molecule has 0 aliphatic rings. The SMILES string of the molecule is C=C(C)C[C@H](N)c1ccc(F)cc1[N+](=O)[O-].Cl. The molecule has 0 bridgehead atoms. The molecule has 1 aromatic carbocycles. The molecule has 0 radical (unpaired) electrons. The molecule has 0 saturated carbocycles. The highest BCUT2D eigenvalue weighted by molar-refractivity contribution is 5.85. The highest BCUT2D eigenvalue weighted by Crippen LogP contribution is 2.27. The van der Waals surface area contributed by atoms with Crippen molar-refractivity contribution < 1.29 is 9.31 Å². The predicted octanol–water partition coefficient (Wildman–Crippen LogP) is 3.12. The average Bonchev–Trinajstić information content (AvgIpc) is 2.16. The zero-order valence-corrected chi connectivity index (χ0v) is 10.2. The Bertz CT molecular complexity index is 437. The summed E-state index contributed by atoms with van der Waals surface area (Å²) in [6.45, 7) is 5.48. The van der Waals surface area contributed by atoms with Crippen molar-refractivity contribution in [3.05, 3.63) is 51.8 Å². The molecule has 94 valence electrons. The molecule has 2 N–H and O–H groups in total. The van der Waals surface area contributed by atoms with Crippen molar-refractivity contribution in [3.63, 3.8) is 0 Å². The van der Waals surface area contributed by atoms with Crippen LogP contribution in [0.2, 0.25) is 0 Å². The highest BCUT2D eigenvalue weighted by Gasteiger charge is 2.20. The smallest absolute Gasteiger partial charge is 0.277 e. The highest BCUT2D eigenvalue weighted by atomic mass is 35.5. The van der Waals surface area contributed by atoms with Crippen molar-refractivity contribution in [1.29, 1.82) is 0 Å². The fourth-order valence-corrected chi connectivity index (χ4v) is 1.47. The van der Waals surface area contributed by atoms with Crippen LogP contribution in [0, 0.1) is 15.9 Å². The lowest BCUT2D eigenvalue weighted by atomic mass is 9.99. The molecule has 0 aliphatic carbocycles. The summed E-state index contributed by atoms with van der Waals surface area (Å²) in [5.74, 6) is -0.641. The topological polar surface area (TPSA) is 69.2 Å². The number of nitrogens with zero attached hydrogens (tertiary/aromatic N) is 1. The van der Waals surface area contributed by atoms with Crippen LogP contribution in [0.3, 0.4) is 0 Å². The number of rotatable bonds is 4. The number of hydrogen-bond acceptors (Lipinski definition) is 3. The second kappa shape index (κ2) is 6.32. The summed E-state index contributed by atoms with van der Waals surface area (Å²) in [6.07, 6.45) is 0.437. The summed E-state index contributed by atoms with van der Waals surface area (Å²) in [4.78, 5) is 10.1. The molecule has 1 atom stereocenters. The minimum atomic E-state index is -0.641. The van der Waals surface area contributed by atoms with E-state index in [1.54, 1.807) is 6.92 Å². The van der Waals surface area contributed by atoms with Crippen molar-refractivity contribution in [2.45, 2.75) is 19.4 Å². The Kier molecular flexibility index (Phi) is 5.78. The summed E-state index contributed by atoms with van der Waals surface area (Å²) in [5, 5.41) is 10.7.